The van der Waals surface area contributed by atoms with Gasteiger partial charge in [-0.05, 0) is 38.5 Å². The lowest BCUT2D eigenvalue weighted by Crippen LogP contribution is -2.53. The van der Waals surface area contributed by atoms with E-state index in [1.54, 1.807) is 18.7 Å². The molecule has 1 amide bonds. The summed E-state index contributed by atoms with van der Waals surface area (Å²) in [6.07, 6.45) is 2.56. The summed E-state index contributed by atoms with van der Waals surface area (Å²) < 4.78 is 0. The van der Waals surface area contributed by atoms with Crippen LogP contribution in [0.15, 0.2) is 0 Å². The summed E-state index contributed by atoms with van der Waals surface area (Å²) in [5, 5.41) is 9.33. The van der Waals surface area contributed by atoms with Crippen LogP contribution in [0.3, 0.4) is 0 Å². The van der Waals surface area contributed by atoms with E-state index in [4.69, 9.17) is 5.73 Å². The van der Waals surface area contributed by atoms with Gasteiger partial charge >= 0.3 is 5.97 Å². The van der Waals surface area contributed by atoms with Gasteiger partial charge in [0.25, 0.3) is 0 Å². The highest BCUT2D eigenvalue weighted by atomic mass is 16.4. The molecule has 0 aliphatic carbocycles. The number of likely N-dealkylation sites (tertiary alicyclic amines) is 1. The number of hydrogen-bond donors (Lipinski definition) is 2. The Morgan fingerprint density at radius 3 is 2.55 bits per heavy atom. The number of piperidine rings is 1. The standard InChI is InChI=1S/C15H28N2O3/c1-5-10(2)12(16)13(18)17-8-6-7-11(9-17)15(3,4)14(19)20/h10-12H,5-9,16H2,1-4H3,(H,19,20)/t10?,11?,12-/m0/s1. The van der Waals surface area contributed by atoms with Crippen LogP contribution in [0.4, 0.5) is 0 Å². The highest BCUT2D eigenvalue weighted by Crippen LogP contribution is 2.34. The van der Waals surface area contributed by atoms with Crippen molar-refractivity contribution >= 4 is 11.9 Å². The maximum Gasteiger partial charge on any atom is 0.309 e. The summed E-state index contributed by atoms with van der Waals surface area (Å²) in [7, 11) is 0. The summed E-state index contributed by atoms with van der Waals surface area (Å²) in [6, 6.07) is -0.480. The van der Waals surface area contributed by atoms with Crippen LogP contribution in [-0.4, -0.2) is 41.0 Å². The minimum absolute atomic E-state index is 0.0122. The van der Waals surface area contributed by atoms with Gasteiger partial charge in [-0.2, -0.15) is 0 Å². The average Bonchev–Trinajstić information content (AvgIpc) is 2.44. The van der Waals surface area contributed by atoms with E-state index in [-0.39, 0.29) is 17.7 Å². The van der Waals surface area contributed by atoms with E-state index in [1.807, 2.05) is 13.8 Å². The smallest absolute Gasteiger partial charge is 0.309 e. The number of carboxylic acid groups (broad SMARTS) is 1. The number of hydrogen-bond acceptors (Lipinski definition) is 3. The highest BCUT2D eigenvalue weighted by Gasteiger charge is 2.40. The largest absolute Gasteiger partial charge is 0.481 e. The Morgan fingerprint density at radius 2 is 2.05 bits per heavy atom. The van der Waals surface area contributed by atoms with Crippen molar-refractivity contribution in [3.05, 3.63) is 0 Å². The number of carbonyl (C=O) groups is 2. The minimum Gasteiger partial charge on any atom is -0.481 e. The summed E-state index contributed by atoms with van der Waals surface area (Å²) in [6.45, 7) is 8.66. The van der Waals surface area contributed by atoms with Crippen LogP contribution in [0.5, 0.6) is 0 Å². The molecule has 2 unspecified atom stereocenters. The van der Waals surface area contributed by atoms with Gasteiger partial charge in [-0.25, -0.2) is 0 Å². The zero-order valence-electron chi connectivity index (χ0n) is 13.1. The summed E-state index contributed by atoms with van der Waals surface area (Å²) in [5.41, 5.74) is 5.20. The van der Waals surface area contributed by atoms with Crippen LogP contribution >= 0.6 is 0 Å². The van der Waals surface area contributed by atoms with Crippen LogP contribution in [0.25, 0.3) is 0 Å². The quantitative estimate of drug-likeness (QED) is 0.805. The molecule has 0 aromatic heterocycles. The van der Waals surface area contributed by atoms with E-state index in [0.717, 1.165) is 19.3 Å². The number of nitrogens with zero attached hydrogens (tertiary/aromatic N) is 1. The van der Waals surface area contributed by atoms with Crippen molar-refractivity contribution in [3.63, 3.8) is 0 Å². The Morgan fingerprint density at radius 1 is 1.45 bits per heavy atom. The third-order valence-electron chi connectivity index (χ3n) is 4.85. The van der Waals surface area contributed by atoms with E-state index in [2.05, 4.69) is 0 Å². The minimum atomic E-state index is -0.806. The number of rotatable bonds is 5. The maximum atomic E-state index is 12.4. The first-order chi connectivity index (χ1) is 9.21. The molecule has 1 rings (SSSR count). The maximum absolute atomic E-state index is 12.4. The molecule has 5 nitrogen and oxygen atoms in total. The molecule has 3 N–H and O–H groups in total. The second-order valence-electron chi connectivity index (χ2n) is 6.56. The third-order valence-corrected chi connectivity index (χ3v) is 4.85. The van der Waals surface area contributed by atoms with Gasteiger partial charge in [0.15, 0.2) is 0 Å². The molecule has 0 bridgehead atoms. The van der Waals surface area contributed by atoms with Gasteiger partial charge in [-0.1, -0.05) is 20.3 Å². The lowest BCUT2D eigenvalue weighted by molar-refractivity contribution is -0.153. The zero-order chi connectivity index (χ0) is 15.5. The molecule has 0 saturated carbocycles. The Bertz CT molecular complexity index is 368. The first-order valence-electron chi connectivity index (χ1n) is 7.49. The van der Waals surface area contributed by atoms with Crippen molar-refractivity contribution in [2.24, 2.45) is 23.0 Å². The van der Waals surface area contributed by atoms with Crippen molar-refractivity contribution in [1.82, 2.24) is 4.90 Å². The molecule has 20 heavy (non-hydrogen) atoms. The molecule has 1 aliphatic heterocycles. The average molecular weight is 284 g/mol. The molecule has 1 fully saturated rings. The molecule has 5 heteroatoms. The lowest BCUT2D eigenvalue weighted by atomic mass is 9.74. The van der Waals surface area contributed by atoms with Crippen molar-refractivity contribution < 1.29 is 14.7 Å². The normalized spacial score (nSPS) is 23.2. The van der Waals surface area contributed by atoms with E-state index < -0.39 is 17.4 Å². The van der Waals surface area contributed by atoms with Gasteiger partial charge in [0.1, 0.15) is 0 Å². The molecule has 3 atom stereocenters. The molecular formula is C15H28N2O3. The van der Waals surface area contributed by atoms with Crippen LogP contribution < -0.4 is 5.73 Å². The van der Waals surface area contributed by atoms with Gasteiger partial charge < -0.3 is 15.7 Å². The summed E-state index contributed by atoms with van der Waals surface area (Å²) in [4.78, 5) is 25.5. The molecule has 1 heterocycles. The van der Waals surface area contributed by atoms with E-state index in [0.29, 0.717) is 13.1 Å². The number of amides is 1. The van der Waals surface area contributed by atoms with Crippen molar-refractivity contribution in [2.45, 2.75) is 53.0 Å². The second kappa shape index (κ2) is 6.57. The number of carbonyl (C=O) groups excluding carboxylic acids is 1. The van der Waals surface area contributed by atoms with Crippen molar-refractivity contribution in [1.29, 1.82) is 0 Å². The van der Waals surface area contributed by atoms with Gasteiger partial charge in [0.05, 0.1) is 11.5 Å². The Hall–Kier alpha value is -1.10. The Balaban J connectivity index is 2.75. The topological polar surface area (TPSA) is 83.6 Å². The van der Waals surface area contributed by atoms with Gasteiger partial charge in [-0.15, -0.1) is 0 Å². The Labute approximate surface area is 121 Å². The van der Waals surface area contributed by atoms with E-state index in [1.165, 1.54) is 0 Å². The lowest BCUT2D eigenvalue weighted by Gasteiger charge is -2.40. The third kappa shape index (κ3) is 3.51. The molecule has 0 aromatic carbocycles. The van der Waals surface area contributed by atoms with Gasteiger partial charge in [0, 0.05) is 13.1 Å². The number of aliphatic carboxylic acids is 1. The number of carboxylic acids is 1. The van der Waals surface area contributed by atoms with Crippen LogP contribution in [0.1, 0.15) is 47.0 Å². The molecule has 1 aliphatic rings. The van der Waals surface area contributed by atoms with Crippen LogP contribution in [0, 0.1) is 17.3 Å². The van der Waals surface area contributed by atoms with Crippen molar-refractivity contribution in [2.75, 3.05) is 13.1 Å². The van der Waals surface area contributed by atoms with Crippen molar-refractivity contribution in [3.8, 4) is 0 Å². The fourth-order valence-electron chi connectivity index (χ4n) is 2.65. The predicted octanol–water partition coefficient (Wildman–Crippen LogP) is 1.71. The fraction of sp³-hybridized carbons (Fsp3) is 0.867. The Kier molecular flexibility index (Phi) is 5.57. The van der Waals surface area contributed by atoms with E-state index >= 15 is 0 Å². The van der Waals surface area contributed by atoms with Gasteiger partial charge in [-0.3, -0.25) is 9.59 Å². The monoisotopic (exact) mass is 284 g/mol. The highest BCUT2D eigenvalue weighted by molar-refractivity contribution is 5.82. The number of nitrogens with two attached hydrogens (primary N) is 1. The van der Waals surface area contributed by atoms with Gasteiger partial charge in [0.2, 0.25) is 5.91 Å². The molecule has 0 aromatic rings. The first-order valence-corrected chi connectivity index (χ1v) is 7.49. The summed E-state index contributed by atoms with van der Waals surface area (Å²) in [5.74, 6) is -0.703. The SMILES string of the molecule is CCC(C)[C@H](N)C(=O)N1CCCC(C(C)(C)C(=O)O)C1. The first kappa shape index (κ1) is 17.0. The predicted molar refractivity (Wildman–Crippen MR) is 78.2 cm³/mol. The molecular weight excluding hydrogens is 256 g/mol. The fourth-order valence-corrected chi connectivity index (χ4v) is 2.65. The molecule has 0 spiro atoms. The zero-order valence-corrected chi connectivity index (χ0v) is 13.1. The molecule has 1 saturated heterocycles. The van der Waals surface area contributed by atoms with Crippen LogP contribution in [-0.2, 0) is 9.59 Å². The second-order valence-corrected chi connectivity index (χ2v) is 6.56. The van der Waals surface area contributed by atoms with E-state index in [9.17, 15) is 14.7 Å². The molecule has 0 radical (unpaired) electrons. The summed E-state index contributed by atoms with van der Waals surface area (Å²) >= 11 is 0. The molecule has 116 valence electrons. The van der Waals surface area contributed by atoms with Crippen LogP contribution in [0.2, 0.25) is 0 Å².